The van der Waals surface area contributed by atoms with Gasteiger partial charge in [0.25, 0.3) is 0 Å². The summed E-state index contributed by atoms with van der Waals surface area (Å²) in [7, 11) is 0. The summed E-state index contributed by atoms with van der Waals surface area (Å²) in [5, 5.41) is 0. The van der Waals surface area contributed by atoms with E-state index in [9.17, 15) is 0 Å². The van der Waals surface area contributed by atoms with E-state index in [1.165, 1.54) is 21.7 Å². The first-order valence-corrected chi connectivity index (χ1v) is 16.1. The summed E-state index contributed by atoms with van der Waals surface area (Å²) in [6.45, 7) is 9.60. The molecule has 0 heterocycles. The topological polar surface area (TPSA) is 0 Å². The molecule has 2 unspecified atom stereocenters. The van der Waals surface area contributed by atoms with Crippen LogP contribution in [0.5, 0.6) is 0 Å². The molecular weight excluding hydrogens is 383 g/mol. The minimum absolute atomic E-state index is 0.815. The van der Waals surface area contributed by atoms with Crippen LogP contribution in [0, 0.1) is 11.8 Å². The molecule has 0 amide bonds. The Balaban J connectivity index is 2.57. The molecule has 124 valence electrons. The zero-order valence-electron chi connectivity index (χ0n) is 15.3. The Hall–Kier alpha value is -0.761. The number of hydrogen-bond donors (Lipinski definition) is 0. The number of hydrogen-bond acceptors (Lipinski definition) is 0. The SMILES string of the molecule is CCC(C)[CH2][Sn]([CH2]C(C)CC)([c]1ccccc1)[c]1ccccc1. The van der Waals surface area contributed by atoms with Crippen molar-refractivity contribution in [2.75, 3.05) is 0 Å². The predicted molar refractivity (Wildman–Crippen MR) is 106 cm³/mol. The van der Waals surface area contributed by atoms with Crippen molar-refractivity contribution in [3.05, 3.63) is 60.7 Å². The zero-order chi connectivity index (χ0) is 16.7. The summed E-state index contributed by atoms with van der Waals surface area (Å²) in [6.07, 6.45) is 2.58. The van der Waals surface area contributed by atoms with Gasteiger partial charge in [-0.2, -0.15) is 0 Å². The molecule has 0 N–H and O–H groups in total. The van der Waals surface area contributed by atoms with E-state index in [0.717, 1.165) is 11.8 Å². The van der Waals surface area contributed by atoms with Crippen LogP contribution < -0.4 is 7.16 Å². The second-order valence-electron chi connectivity index (χ2n) is 7.25. The average Bonchev–Trinajstić information content (AvgIpc) is 2.62. The van der Waals surface area contributed by atoms with E-state index >= 15 is 0 Å². The fourth-order valence-electron chi connectivity index (χ4n) is 3.71. The van der Waals surface area contributed by atoms with Gasteiger partial charge in [-0.15, -0.1) is 0 Å². The summed E-state index contributed by atoms with van der Waals surface area (Å²) < 4.78 is 6.25. The van der Waals surface area contributed by atoms with Crippen LogP contribution >= 0.6 is 0 Å². The predicted octanol–water partition coefficient (Wildman–Crippen LogP) is 5.34. The van der Waals surface area contributed by atoms with E-state index in [1.54, 1.807) is 7.16 Å². The summed E-state index contributed by atoms with van der Waals surface area (Å²) in [5.41, 5.74) is 0. The standard InChI is InChI=1S/2C6H5.2C5H11.Sn/c2*1-2-4-6-5-3-1;2*1-4-5(2)3;/h2*1-5H;2*5H,2,4H2,1,3H3;. The van der Waals surface area contributed by atoms with Crippen LogP contribution in [-0.2, 0) is 0 Å². The van der Waals surface area contributed by atoms with Gasteiger partial charge in [0.05, 0.1) is 0 Å². The van der Waals surface area contributed by atoms with Gasteiger partial charge < -0.3 is 0 Å². The first-order chi connectivity index (χ1) is 11.1. The molecule has 2 aromatic carbocycles. The normalized spacial score (nSPS) is 14.4. The molecule has 2 aromatic rings. The minimum atomic E-state index is -2.66. The van der Waals surface area contributed by atoms with Crippen molar-refractivity contribution in [2.45, 2.75) is 49.4 Å². The molecule has 0 fully saturated rings. The molecule has 0 nitrogen and oxygen atoms in total. The van der Waals surface area contributed by atoms with Crippen LogP contribution in [0.25, 0.3) is 0 Å². The third-order valence-electron chi connectivity index (χ3n) is 5.44. The molecule has 0 bridgehead atoms. The van der Waals surface area contributed by atoms with E-state index in [-0.39, 0.29) is 0 Å². The third kappa shape index (κ3) is 4.62. The zero-order valence-corrected chi connectivity index (χ0v) is 18.1. The van der Waals surface area contributed by atoms with Crippen molar-refractivity contribution in [3.8, 4) is 0 Å². The van der Waals surface area contributed by atoms with Crippen LogP contribution in [-0.4, -0.2) is 18.4 Å². The molecular formula is C22H32Sn. The average molecular weight is 415 g/mol. The molecule has 0 saturated carbocycles. The summed E-state index contributed by atoms with van der Waals surface area (Å²) in [4.78, 5) is 0. The van der Waals surface area contributed by atoms with Crippen molar-refractivity contribution < 1.29 is 0 Å². The third-order valence-corrected chi connectivity index (χ3v) is 21.6. The maximum absolute atomic E-state index is 2.66. The summed E-state index contributed by atoms with van der Waals surface area (Å²) in [6, 6.07) is 23.0. The van der Waals surface area contributed by atoms with Gasteiger partial charge in [-0.05, 0) is 0 Å². The van der Waals surface area contributed by atoms with Crippen molar-refractivity contribution in [2.24, 2.45) is 11.8 Å². The molecule has 2 atom stereocenters. The van der Waals surface area contributed by atoms with Crippen molar-refractivity contribution >= 4 is 25.5 Å². The Labute approximate surface area is 147 Å². The number of benzene rings is 2. The molecule has 0 radical (unpaired) electrons. The molecule has 0 spiro atoms. The molecule has 0 saturated heterocycles. The fourth-order valence-corrected chi connectivity index (χ4v) is 21.0. The van der Waals surface area contributed by atoms with Crippen LogP contribution in [0.15, 0.2) is 60.7 Å². The maximum atomic E-state index is 2.45. The van der Waals surface area contributed by atoms with Crippen LogP contribution in [0.1, 0.15) is 40.5 Å². The van der Waals surface area contributed by atoms with Gasteiger partial charge in [-0.25, -0.2) is 0 Å². The molecule has 0 aliphatic carbocycles. The fraction of sp³-hybridized carbons (Fsp3) is 0.455. The van der Waals surface area contributed by atoms with Crippen LogP contribution in [0.2, 0.25) is 8.87 Å². The quantitative estimate of drug-likeness (QED) is 0.511. The Bertz CT molecular complexity index is 508. The van der Waals surface area contributed by atoms with Crippen molar-refractivity contribution in [1.29, 1.82) is 0 Å². The second-order valence-corrected chi connectivity index (χ2v) is 19.1. The molecule has 0 aliphatic rings. The Kier molecular flexibility index (Phi) is 7.20. The van der Waals surface area contributed by atoms with Gasteiger partial charge in [0.15, 0.2) is 0 Å². The first-order valence-electron chi connectivity index (χ1n) is 9.23. The van der Waals surface area contributed by atoms with Gasteiger partial charge in [-0.1, -0.05) is 0 Å². The van der Waals surface area contributed by atoms with Gasteiger partial charge in [0, 0.05) is 0 Å². The summed E-state index contributed by atoms with van der Waals surface area (Å²) >= 11 is -2.66. The second kappa shape index (κ2) is 8.91. The Morgan fingerprint density at radius 3 is 1.30 bits per heavy atom. The molecule has 0 aliphatic heterocycles. The van der Waals surface area contributed by atoms with E-state index in [1.807, 2.05) is 0 Å². The molecule has 0 aromatic heterocycles. The first kappa shape index (κ1) is 18.6. The van der Waals surface area contributed by atoms with Gasteiger partial charge >= 0.3 is 147 Å². The Morgan fingerprint density at radius 1 is 0.652 bits per heavy atom. The van der Waals surface area contributed by atoms with E-state index < -0.39 is 18.4 Å². The van der Waals surface area contributed by atoms with Crippen molar-refractivity contribution in [3.63, 3.8) is 0 Å². The summed E-state index contributed by atoms with van der Waals surface area (Å²) in [5.74, 6) is 1.63. The van der Waals surface area contributed by atoms with Crippen LogP contribution in [0.3, 0.4) is 0 Å². The van der Waals surface area contributed by atoms with E-state index in [2.05, 4.69) is 88.4 Å². The monoisotopic (exact) mass is 416 g/mol. The van der Waals surface area contributed by atoms with Gasteiger partial charge in [-0.3, -0.25) is 0 Å². The van der Waals surface area contributed by atoms with E-state index in [0.29, 0.717) is 0 Å². The van der Waals surface area contributed by atoms with Gasteiger partial charge in [0.1, 0.15) is 0 Å². The molecule has 1 heteroatoms. The molecule has 2 rings (SSSR count). The van der Waals surface area contributed by atoms with E-state index in [4.69, 9.17) is 0 Å². The molecule has 23 heavy (non-hydrogen) atoms. The number of rotatable bonds is 8. The Morgan fingerprint density at radius 2 is 1.00 bits per heavy atom. The van der Waals surface area contributed by atoms with Gasteiger partial charge in [0.2, 0.25) is 0 Å². The van der Waals surface area contributed by atoms with Crippen LogP contribution in [0.4, 0.5) is 0 Å². The van der Waals surface area contributed by atoms with Crippen molar-refractivity contribution in [1.82, 2.24) is 0 Å².